The Labute approximate surface area is 119 Å². The maximum Gasteiger partial charge on any atom is 0.306 e. The topological polar surface area (TPSA) is 95.6 Å². The van der Waals surface area contributed by atoms with Crippen molar-refractivity contribution in [2.24, 2.45) is 0 Å². The molecule has 0 amide bonds. The fourth-order valence-corrected chi connectivity index (χ4v) is 1.94. The fourth-order valence-electron chi connectivity index (χ4n) is 1.94. The molecule has 0 spiro atoms. The number of halogens is 1. The molecule has 0 aliphatic rings. The number of nitrogens with one attached hydrogen (secondary N) is 1. The van der Waals surface area contributed by atoms with Gasteiger partial charge in [0.05, 0.1) is 4.92 Å². The predicted molar refractivity (Wildman–Crippen MR) is 74.9 cm³/mol. The van der Waals surface area contributed by atoms with E-state index >= 15 is 0 Å². The Hall–Kier alpha value is -2.83. The van der Waals surface area contributed by atoms with E-state index in [-0.39, 0.29) is 17.5 Å². The third-order valence-electron chi connectivity index (χ3n) is 2.95. The molecule has 2 aromatic carbocycles. The average molecular weight is 292 g/mol. The first-order chi connectivity index (χ1) is 9.86. The normalized spacial score (nSPS) is 11.9. The van der Waals surface area contributed by atoms with Gasteiger partial charge in [-0.2, -0.15) is 4.39 Å². The van der Waals surface area contributed by atoms with Gasteiger partial charge in [-0.3, -0.25) is 10.1 Å². The second kappa shape index (κ2) is 5.66. The monoisotopic (exact) mass is 292 g/mol. The highest BCUT2D eigenvalue weighted by Gasteiger charge is 2.16. The highest BCUT2D eigenvalue weighted by atomic mass is 19.1. The number of nitro groups is 1. The van der Waals surface area contributed by atoms with Gasteiger partial charge in [0.2, 0.25) is 5.82 Å². The zero-order valence-corrected chi connectivity index (χ0v) is 11.1. The van der Waals surface area contributed by atoms with Crippen molar-refractivity contribution in [3.63, 3.8) is 0 Å². The maximum atomic E-state index is 13.3. The molecule has 0 saturated carbocycles. The van der Waals surface area contributed by atoms with Gasteiger partial charge >= 0.3 is 5.69 Å². The number of aromatic hydroxyl groups is 2. The van der Waals surface area contributed by atoms with E-state index in [1.807, 2.05) is 0 Å². The van der Waals surface area contributed by atoms with Gasteiger partial charge in [0.15, 0.2) is 0 Å². The van der Waals surface area contributed by atoms with Gasteiger partial charge in [-0.1, -0.05) is 0 Å². The zero-order valence-electron chi connectivity index (χ0n) is 11.1. The first-order valence-corrected chi connectivity index (χ1v) is 6.10. The summed E-state index contributed by atoms with van der Waals surface area (Å²) in [4.78, 5) is 9.89. The van der Waals surface area contributed by atoms with E-state index in [0.717, 1.165) is 12.1 Å². The molecule has 0 bridgehead atoms. The van der Waals surface area contributed by atoms with Crippen LogP contribution in [0.4, 0.5) is 15.8 Å². The van der Waals surface area contributed by atoms with E-state index < -0.39 is 16.4 Å². The number of benzene rings is 2. The van der Waals surface area contributed by atoms with Crippen molar-refractivity contribution in [2.75, 3.05) is 5.32 Å². The third-order valence-corrected chi connectivity index (χ3v) is 2.95. The Morgan fingerprint density at radius 3 is 2.38 bits per heavy atom. The lowest BCUT2D eigenvalue weighted by Crippen LogP contribution is -2.07. The molecule has 0 saturated heterocycles. The molecule has 6 nitrogen and oxygen atoms in total. The largest absolute Gasteiger partial charge is 0.508 e. The van der Waals surface area contributed by atoms with Crippen molar-refractivity contribution < 1.29 is 19.5 Å². The number of hydrogen-bond acceptors (Lipinski definition) is 5. The summed E-state index contributed by atoms with van der Waals surface area (Å²) in [5.74, 6) is -1.10. The van der Waals surface area contributed by atoms with Crippen molar-refractivity contribution in [3.8, 4) is 11.5 Å². The highest BCUT2D eigenvalue weighted by Crippen LogP contribution is 2.28. The standard InChI is InChI=1S/C14H13FN2O4/c1-8(9-4-11(18)7-12(19)5-9)16-10-2-3-13(15)14(6-10)17(20)21/h2-8,16,18-19H,1H3. The van der Waals surface area contributed by atoms with Crippen molar-refractivity contribution in [1.29, 1.82) is 0 Å². The van der Waals surface area contributed by atoms with E-state index in [2.05, 4.69) is 5.32 Å². The molecule has 2 aromatic rings. The summed E-state index contributed by atoms with van der Waals surface area (Å²) in [7, 11) is 0. The number of phenolic OH excluding ortho intramolecular Hbond substituents is 2. The Morgan fingerprint density at radius 1 is 1.19 bits per heavy atom. The van der Waals surface area contributed by atoms with E-state index in [9.17, 15) is 24.7 Å². The number of nitro benzene ring substituents is 1. The van der Waals surface area contributed by atoms with Crippen molar-refractivity contribution in [2.45, 2.75) is 13.0 Å². The summed E-state index contributed by atoms with van der Waals surface area (Å²) in [6, 6.07) is 7.22. The van der Waals surface area contributed by atoms with E-state index in [1.165, 1.54) is 24.3 Å². The molecule has 0 aliphatic heterocycles. The summed E-state index contributed by atoms with van der Waals surface area (Å²) >= 11 is 0. The zero-order chi connectivity index (χ0) is 15.6. The number of anilines is 1. The summed E-state index contributed by atoms with van der Waals surface area (Å²) in [5.41, 5.74) is 0.323. The molecule has 3 N–H and O–H groups in total. The van der Waals surface area contributed by atoms with Crippen LogP contribution in [-0.2, 0) is 0 Å². The molecule has 7 heteroatoms. The third kappa shape index (κ3) is 3.38. The predicted octanol–water partition coefficient (Wildman–Crippen LogP) is 3.32. The van der Waals surface area contributed by atoms with Crippen LogP contribution in [0.2, 0.25) is 0 Å². The Bertz CT molecular complexity index is 670. The summed E-state index contributed by atoms with van der Waals surface area (Å²) < 4.78 is 13.3. The molecule has 1 atom stereocenters. The number of nitrogens with zero attached hydrogens (tertiary/aromatic N) is 1. The summed E-state index contributed by atoms with van der Waals surface area (Å²) in [6.07, 6.45) is 0. The smallest absolute Gasteiger partial charge is 0.306 e. The van der Waals surface area contributed by atoms with Crippen molar-refractivity contribution in [1.82, 2.24) is 0 Å². The first-order valence-electron chi connectivity index (χ1n) is 6.10. The van der Waals surface area contributed by atoms with Crippen LogP contribution in [-0.4, -0.2) is 15.1 Å². The molecule has 21 heavy (non-hydrogen) atoms. The minimum atomic E-state index is -0.909. The van der Waals surface area contributed by atoms with Gasteiger partial charge in [-0.05, 0) is 36.8 Å². The van der Waals surface area contributed by atoms with Crippen molar-refractivity contribution in [3.05, 3.63) is 57.9 Å². The van der Waals surface area contributed by atoms with Crippen LogP contribution in [0.1, 0.15) is 18.5 Å². The molecule has 110 valence electrons. The van der Waals surface area contributed by atoms with Crippen LogP contribution in [0.3, 0.4) is 0 Å². The molecule has 0 heterocycles. The summed E-state index contributed by atoms with van der Waals surface area (Å²) in [5, 5.41) is 32.5. The van der Waals surface area contributed by atoms with Gasteiger partial charge in [-0.15, -0.1) is 0 Å². The van der Waals surface area contributed by atoms with Gasteiger partial charge in [0.1, 0.15) is 11.5 Å². The molecule has 0 aromatic heterocycles. The highest BCUT2D eigenvalue weighted by molar-refractivity contribution is 5.53. The van der Waals surface area contributed by atoms with E-state index in [0.29, 0.717) is 11.3 Å². The molecule has 0 radical (unpaired) electrons. The molecular weight excluding hydrogens is 279 g/mol. The number of hydrogen-bond donors (Lipinski definition) is 3. The fraction of sp³-hybridized carbons (Fsp3) is 0.143. The SMILES string of the molecule is CC(Nc1ccc(F)c([N+](=O)[O-])c1)c1cc(O)cc(O)c1. The molecule has 2 rings (SSSR count). The Morgan fingerprint density at radius 2 is 1.81 bits per heavy atom. The lowest BCUT2D eigenvalue weighted by atomic mass is 10.1. The molecule has 0 aliphatic carbocycles. The maximum absolute atomic E-state index is 13.3. The van der Waals surface area contributed by atoms with E-state index in [4.69, 9.17) is 0 Å². The van der Waals surface area contributed by atoms with Gasteiger partial charge in [-0.25, -0.2) is 0 Å². The van der Waals surface area contributed by atoms with Crippen LogP contribution < -0.4 is 5.32 Å². The number of phenols is 2. The summed E-state index contributed by atoms with van der Waals surface area (Å²) in [6.45, 7) is 1.74. The van der Waals surface area contributed by atoms with Gasteiger partial charge in [0.25, 0.3) is 0 Å². The van der Waals surface area contributed by atoms with Crippen molar-refractivity contribution >= 4 is 11.4 Å². The minimum Gasteiger partial charge on any atom is -0.508 e. The Balaban J connectivity index is 2.25. The Kier molecular flexibility index (Phi) is 3.93. The lowest BCUT2D eigenvalue weighted by molar-refractivity contribution is -0.387. The molecule has 1 unspecified atom stereocenters. The van der Waals surface area contributed by atoms with Gasteiger partial charge < -0.3 is 15.5 Å². The van der Waals surface area contributed by atoms with Crippen LogP contribution in [0.5, 0.6) is 11.5 Å². The quantitative estimate of drug-likeness (QED) is 0.593. The van der Waals surface area contributed by atoms with Crippen LogP contribution in [0.15, 0.2) is 36.4 Å². The van der Waals surface area contributed by atoms with Gasteiger partial charge in [0, 0.05) is 23.9 Å². The molecular formula is C14H13FN2O4. The molecule has 0 fully saturated rings. The van der Waals surface area contributed by atoms with Crippen LogP contribution in [0, 0.1) is 15.9 Å². The number of rotatable bonds is 4. The average Bonchev–Trinajstić information content (AvgIpc) is 2.39. The lowest BCUT2D eigenvalue weighted by Gasteiger charge is -2.16. The second-order valence-electron chi connectivity index (χ2n) is 4.57. The first kappa shape index (κ1) is 14.6. The van der Waals surface area contributed by atoms with E-state index in [1.54, 1.807) is 6.92 Å². The van der Waals surface area contributed by atoms with Crippen LogP contribution >= 0.6 is 0 Å². The minimum absolute atomic E-state index is 0.0938. The van der Waals surface area contributed by atoms with Crippen LogP contribution in [0.25, 0.3) is 0 Å². The second-order valence-corrected chi connectivity index (χ2v) is 4.57.